The highest BCUT2D eigenvalue weighted by molar-refractivity contribution is 7.89. The number of halogens is 1. The van der Waals surface area contributed by atoms with Gasteiger partial charge in [-0.15, -0.1) is 0 Å². The van der Waals surface area contributed by atoms with Crippen molar-refractivity contribution >= 4 is 10.0 Å². The molecule has 1 N–H and O–H groups in total. The van der Waals surface area contributed by atoms with Crippen molar-refractivity contribution in [2.24, 2.45) is 0 Å². The molecule has 26 heavy (non-hydrogen) atoms. The zero-order valence-corrected chi connectivity index (χ0v) is 14.7. The zero-order valence-electron chi connectivity index (χ0n) is 13.9. The normalized spacial score (nSPS) is 12.7. The number of ether oxygens (including phenoxy) is 1. The molecule has 0 bridgehead atoms. The maximum absolute atomic E-state index is 13.6. The van der Waals surface area contributed by atoms with E-state index in [1.165, 1.54) is 30.4 Å². The summed E-state index contributed by atoms with van der Waals surface area (Å²) in [7, 11) is -2.73. The smallest absolute Gasteiger partial charge is 0.244 e. The minimum absolute atomic E-state index is 0.0583. The highest BCUT2D eigenvalue weighted by atomic mass is 32.2. The van der Waals surface area contributed by atoms with Crippen LogP contribution in [-0.4, -0.2) is 30.5 Å². The van der Waals surface area contributed by atoms with Crippen LogP contribution in [0.4, 0.5) is 4.39 Å². The molecule has 3 aromatic rings. The van der Waals surface area contributed by atoms with Crippen LogP contribution >= 0.6 is 0 Å². The average Bonchev–Trinajstić information content (AvgIpc) is 3.15. The third-order valence-corrected chi connectivity index (χ3v) is 5.22. The van der Waals surface area contributed by atoms with E-state index in [0.717, 1.165) is 17.7 Å². The van der Waals surface area contributed by atoms with Crippen LogP contribution < -0.4 is 9.46 Å². The quantitative estimate of drug-likeness (QED) is 0.683. The summed E-state index contributed by atoms with van der Waals surface area (Å²) in [5.41, 5.74) is 0.726. The molecule has 0 aliphatic carbocycles. The molecule has 3 rings (SSSR count). The van der Waals surface area contributed by atoms with E-state index in [-0.39, 0.29) is 17.2 Å². The number of aromatic nitrogens is 3. The lowest BCUT2D eigenvalue weighted by atomic mass is 10.1. The Morgan fingerprint density at radius 1 is 1.15 bits per heavy atom. The van der Waals surface area contributed by atoms with Crippen molar-refractivity contribution < 1.29 is 17.5 Å². The lowest BCUT2D eigenvalue weighted by Crippen LogP contribution is -2.32. The molecule has 7 nitrogen and oxygen atoms in total. The van der Waals surface area contributed by atoms with Crippen molar-refractivity contribution in [2.45, 2.75) is 17.5 Å². The number of rotatable bonds is 7. The number of nitrogens with one attached hydrogen (secondary N) is 1. The fourth-order valence-corrected chi connectivity index (χ4v) is 3.90. The molecule has 9 heteroatoms. The number of hydrogen-bond acceptors (Lipinski definition) is 5. The van der Waals surface area contributed by atoms with Gasteiger partial charge in [0.2, 0.25) is 10.0 Å². The molecule has 0 saturated heterocycles. The van der Waals surface area contributed by atoms with Crippen molar-refractivity contribution in [2.75, 3.05) is 7.11 Å². The Kier molecular flexibility index (Phi) is 5.29. The van der Waals surface area contributed by atoms with Crippen LogP contribution in [0, 0.1) is 5.82 Å². The van der Waals surface area contributed by atoms with Gasteiger partial charge in [0.15, 0.2) is 0 Å². The van der Waals surface area contributed by atoms with Crippen LogP contribution in [0.5, 0.6) is 5.75 Å². The summed E-state index contributed by atoms with van der Waals surface area (Å²) in [6, 6.07) is 11.7. The van der Waals surface area contributed by atoms with E-state index in [2.05, 4.69) is 14.9 Å². The Morgan fingerprint density at radius 2 is 1.85 bits per heavy atom. The number of nitrogens with zero attached hydrogens (tertiary/aromatic N) is 3. The molecule has 0 spiro atoms. The molecule has 0 saturated carbocycles. The van der Waals surface area contributed by atoms with Gasteiger partial charge in [0.1, 0.15) is 16.5 Å². The van der Waals surface area contributed by atoms with E-state index in [0.29, 0.717) is 0 Å². The molecule has 1 heterocycles. The molecule has 136 valence electrons. The van der Waals surface area contributed by atoms with Crippen molar-refractivity contribution in [3.05, 3.63) is 72.3 Å². The average molecular weight is 376 g/mol. The second-order valence-corrected chi connectivity index (χ2v) is 7.15. The monoisotopic (exact) mass is 376 g/mol. The number of sulfonamides is 1. The molecule has 1 aromatic heterocycles. The summed E-state index contributed by atoms with van der Waals surface area (Å²) in [6.45, 7) is 0.174. The molecule has 0 amide bonds. The number of hydrogen-bond donors (Lipinski definition) is 1. The molecule has 0 radical (unpaired) electrons. The van der Waals surface area contributed by atoms with Crippen LogP contribution in [0.1, 0.15) is 11.6 Å². The predicted octanol–water partition coefficient (Wildman–Crippen LogP) is 2.15. The Balaban J connectivity index is 1.96. The zero-order chi connectivity index (χ0) is 18.6. The molecule has 1 unspecified atom stereocenters. The summed E-state index contributed by atoms with van der Waals surface area (Å²) in [5.74, 6) is -0.612. The fraction of sp³-hybridized carbons (Fsp3) is 0.176. The van der Waals surface area contributed by atoms with E-state index in [1.54, 1.807) is 24.3 Å². The van der Waals surface area contributed by atoms with E-state index in [9.17, 15) is 12.8 Å². The first-order valence-corrected chi connectivity index (χ1v) is 9.23. The Hall–Kier alpha value is -2.78. The summed E-state index contributed by atoms with van der Waals surface area (Å²) in [4.78, 5) is 1.11. The van der Waals surface area contributed by atoms with E-state index in [4.69, 9.17) is 4.74 Å². The van der Waals surface area contributed by atoms with Gasteiger partial charge in [0, 0.05) is 0 Å². The Bertz CT molecular complexity index is 963. The third kappa shape index (κ3) is 4.06. The maximum atomic E-state index is 13.6. The van der Waals surface area contributed by atoms with Gasteiger partial charge in [-0.05, 0) is 23.8 Å². The van der Waals surface area contributed by atoms with Crippen molar-refractivity contribution in [3.8, 4) is 5.75 Å². The Morgan fingerprint density at radius 3 is 2.50 bits per heavy atom. The fourth-order valence-electron chi connectivity index (χ4n) is 2.51. The van der Waals surface area contributed by atoms with E-state index >= 15 is 0 Å². The van der Waals surface area contributed by atoms with Gasteiger partial charge < -0.3 is 4.74 Å². The molecule has 0 aliphatic rings. The van der Waals surface area contributed by atoms with Gasteiger partial charge >= 0.3 is 0 Å². The van der Waals surface area contributed by atoms with Gasteiger partial charge in [0.25, 0.3) is 0 Å². The molecular weight excluding hydrogens is 359 g/mol. The van der Waals surface area contributed by atoms with Gasteiger partial charge in [-0.25, -0.2) is 17.5 Å². The number of methoxy groups -OCH3 is 1. The van der Waals surface area contributed by atoms with Crippen LogP contribution in [0.3, 0.4) is 0 Å². The van der Waals surface area contributed by atoms with E-state index in [1.807, 2.05) is 6.07 Å². The van der Waals surface area contributed by atoms with Crippen molar-refractivity contribution in [1.29, 1.82) is 0 Å². The topological polar surface area (TPSA) is 86.1 Å². The van der Waals surface area contributed by atoms with Crippen LogP contribution in [-0.2, 0) is 16.6 Å². The molecular formula is C17H17FN4O3S. The predicted molar refractivity (Wildman–Crippen MR) is 92.5 cm³/mol. The van der Waals surface area contributed by atoms with E-state index < -0.39 is 21.9 Å². The first kappa shape index (κ1) is 18.0. The molecule has 2 aromatic carbocycles. The lowest BCUT2D eigenvalue weighted by Gasteiger charge is -2.19. The lowest BCUT2D eigenvalue weighted by molar-refractivity contribution is 0.399. The highest BCUT2D eigenvalue weighted by Crippen LogP contribution is 2.26. The molecule has 0 aliphatic heterocycles. The minimum atomic E-state index is -4.06. The second kappa shape index (κ2) is 7.63. The van der Waals surface area contributed by atoms with Gasteiger partial charge in [-0.2, -0.15) is 15.0 Å². The summed E-state index contributed by atoms with van der Waals surface area (Å²) in [5, 5.41) is 8.04. The van der Waals surface area contributed by atoms with Crippen molar-refractivity contribution in [3.63, 3.8) is 0 Å². The summed E-state index contributed by atoms with van der Waals surface area (Å²) < 4.78 is 47.0. The summed E-state index contributed by atoms with van der Waals surface area (Å²) >= 11 is 0. The maximum Gasteiger partial charge on any atom is 0.244 e. The van der Waals surface area contributed by atoms with Gasteiger partial charge in [-0.1, -0.05) is 30.3 Å². The van der Waals surface area contributed by atoms with Crippen LogP contribution in [0.25, 0.3) is 0 Å². The van der Waals surface area contributed by atoms with Gasteiger partial charge in [-0.3, -0.25) is 0 Å². The Labute approximate surface area is 150 Å². The third-order valence-electron chi connectivity index (χ3n) is 3.73. The first-order valence-electron chi connectivity index (χ1n) is 7.74. The van der Waals surface area contributed by atoms with Crippen molar-refractivity contribution in [1.82, 2.24) is 19.7 Å². The highest BCUT2D eigenvalue weighted by Gasteiger charge is 2.26. The summed E-state index contributed by atoms with van der Waals surface area (Å²) in [6.07, 6.45) is 3.01. The first-order chi connectivity index (χ1) is 12.5. The van der Waals surface area contributed by atoms with Gasteiger partial charge in [0.05, 0.1) is 32.1 Å². The standard InChI is InChI=1S/C17H17FN4O3S/c1-25-16-8-7-14(18)11-17(16)26(23,24)21-15(12-22-19-9-10-20-22)13-5-3-2-4-6-13/h2-11,15,21H,12H2,1H3. The molecule has 0 fully saturated rings. The molecule has 1 atom stereocenters. The minimum Gasteiger partial charge on any atom is -0.495 e. The van der Waals surface area contributed by atoms with Crippen LogP contribution in [0.15, 0.2) is 65.8 Å². The number of benzene rings is 2. The second-order valence-electron chi connectivity index (χ2n) is 5.46. The van der Waals surface area contributed by atoms with Crippen LogP contribution in [0.2, 0.25) is 0 Å². The SMILES string of the molecule is COc1ccc(F)cc1S(=O)(=O)NC(Cn1nccn1)c1ccccc1. The largest absolute Gasteiger partial charge is 0.495 e.